The molecule has 0 heterocycles. The van der Waals surface area contributed by atoms with E-state index in [2.05, 4.69) is 0 Å². The molecule has 54 heavy (non-hydrogen) atoms. The van der Waals surface area contributed by atoms with Crippen LogP contribution in [0.2, 0.25) is 0 Å². The molecule has 0 heteroatoms. The first-order valence-electron chi connectivity index (χ1n) is 26.0. The lowest BCUT2D eigenvalue weighted by molar-refractivity contribution is 1.58. The maximum atomic E-state index is 9.60. The topological polar surface area (TPSA) is 0 Å². The lowest BCUT2D eigenvalue weighted by Crippen LogP contribution is -1.92. The highest BCUT2D eigenvalue weighted by Crippen LogP contribution is 2.45. The molecule has 0 N–H and O–H groups in total. The largest absolute Gasteiger partial charge is 0.0630 e. The van der Waals surface area contributed by atoms with Crippen LogP contribution in [0.3, 0.4) is 0 Å². The van der Waals surface area contributed by atoms with Crippen molar-refractivity contribution in [1.82, 2.24) is 0 Å². The van der Waals surface area contributed by atoms with Crippen molar-refractivity contribution < 1.29 is 23.3 Å². The van der Waals surface area contributed by atoms with E-state index in [-0.39, 0.29) is 106 Å². The SMILES string of the molecule is [2H]c1cc2c([2H])c([2H])c3c([2H])c([2H])c([2H])c4c([2H])c([2H])c(c1-c1ccc(-c5cc(-c6c([2H])c([2H])c7c([2H])c([2H])c8c([2H])c([2H])c([2H])c9c([2H])c([2H])c6c7c89)c6ccccc6c5)cc1-c1ccccc1)c2c34. The third-order valence-electron chi connectivity index (χ3n) is 10.5. The van der Waals surface area contributed by atoms with Gasteiger partial charge in [0.2, 0.25) is 0 Å². The van der Waals surface area contributed by atoms with Gasteiger partial charge in [0.15, 0.2) is 0 Å². The molecule has 12 rings (SSSR count). The standard InChI is InChI=1S/C54H32/c1-2-8-33(9-3-1)49-31-40(24-27-45(49)44-25-20-38-18-16-34-11-6-13-36-22-28-47(44)53(38)51(34)36)42-30-41-10-4-5-15-43(41)50(32-42)46-26-21-39-19-17-35-12-7-14-37-23-29-48(46)54(39)52(35)37/h1-32H/i6D,7D,11D,12D,13D,14D,16D,17D,18D,19D,21D,22D,23D,25D,26D,28D,29D. The average Bonchev–Trinajstić information content (AvgIpc) is 3.36. The minimum atomic E-state index is -0.554. The highest BCUT2D eigenvalue weighted by molar-refractivity contribution is 6.27. The summed E-state index contributed by atoms with van der Waals surface area (Å²) in [5.74, 6) is 0. The lowest BCUT2D eigenvalue weighted by Gasteiger charge is -2.19. The fourth-order valence-corrected chi connectivity index (χ4v) is 8.09. The molecule has 0 aliphatic heterocycles. The van der Waals surface area contributed by atoms with Gasteiger partial charge in [-0.25, -0.2) is 0 Å². The summed E-state index contributed by atoms with van der Waals surface area (Å²) in [6.45, 7) is 0. The van der Waals surface area contributed by atoms with Crippen molar-refractivity contribution in [3.63, 3.8) is 0 Å². The number of fused-ring (bicyclic) bond motifs is 1. The quantitative estimate of drug-likeness (QED) is 0.161. The fraction of sp³-hybridized carbons (Fsp3) is 0. The third kappa shape index (κ3) is 4.26. The van der Waals surface area contributed by atoms with Gasteiger partial charge < -0.3 is 0 Å². The molecule has 248 valence electrons. The van der Waals surface area contributed by atoms with Gasteiger partial charge in [-0.3, -0.25) is 0 Å². The Hall–Kier alpha value is -7.02. The Balaban J connectivity index is 1.18. The zero-order chi connectivity index (χ0) is 50.1. The van der Waals surface area contributed by atoms with Gasteiger partial charge in [0.25, 0.3) is 0 Å². The van der Waals surface area contributed by atoms with Crippen molar-refractivity contribution in [3.05, 3.63) is 194 Å². The number of rotatable bonds is 4. The Kier molecular flexibility index (Phi) is 3.68. The highest BCUT2D eigenvalue weighted by atomic mass is 14.2. The summed E-state index contributed by atoms with van der Waals surface area (Å²) in [7, 11) is 0. The summed E-state index contributed by atoms with van der Waals surface area (Å²) in [5.41, 5.74) is 3.79. The van der Waals surface area contributed by atoms with Crippen LogP contribution in [0.1, 0.15) is 23.3 Å². The number of benzene rings is 12. The molecule has 0 radical (unpaired) electrons. The van der Waals surface area contributed by atoms with E-state index in [0.717, 1.165) is 0 Å². The van der Waals surface area contributed by atoms with Crippen LogP contribution in [0.5, 0.6) is 0 Å². The Labute approximate surface area is 336 Å². The molecule has 0 spiro atoms. The first kappa shape index (κ1) is 17.7. The molecule has 0 nitrogen and oxygen atoms in total. The van der Waals surface area contributed by atoms with E-state index in [9.17, 15) is 9.60 Å². The van der Waals surface area contributed by atoms with E-state index in [0.29, 0.717) is 44.2 Å². The van der Waals surface area contributed by atoms with Gasteiger partial charge in [0.05, 0.1) is 23.3 Å². The van der Waals surface area contributed by atoms with Crippen molar-refractivity contribution in [1.29, 1.82) is 0 Å². The monoisotopic (exact) mass is 697 g/mol. The summed E-state index contributed by atoms with van der Waals surface area (Å²) in [6.07, 6.45) is 0. The molecule has 0 aliphatic rings. The second-order valence-electron chi connectivity index (χ2n) is 13.4. The summed E-state index contributed by atoms with van der Waals surface area (Å²) in [4.78, 5) is 0. The molecule has 12 aromatic rings. The van der Waals surface area contributed by atoms with Gasteiger partial charge >= 0.3 is 0 Å². The second kappa shape index (κ2) is 11.2. The zero-order valence-electron chi connectivity index (χ0n) is 45.2. The van der Waals surface area contributed by atoms with Gasteiger partial charge in [-0.05, 0) is 138 Å². The van der Waals surface area contributed by atoms with Crippen LogP contribution >= 0.6 is 0 Å². The molecular weight excluding hydrogens is 649 g/mol. The van der Waals surface area contributed by atoms with Crippen molar-refractivity contribution in [3.8, 4) is 44.5 Å². The minimum absolute atomic E-state index is 0.0375. The minimum Gasteiger partial charge on any atom is -0.0622 e. The first-order valence-corrected chi connectivity index (χ1v) is 17.5. The van der Waals surface area contributed by atoms with E-state index in [1.165, 1.54) is 6.07 Å². The highest BCUT2D eigenvalue weighted by Gasteiger charge is 2.18. The van der Waals surface area contributed by atoms with Gasteiger partial charge in [-0.15, -0.1) is 0 Å². The van der Waals surface area contributed by atoms with Crippen LogP contribution in [-0.4, -0.2) is 0 Å². The van der Waals surface area contributed by atoms with Crippen LogP contribution in [0, 0.1) is 0 Å². The zero-order valence-corrected chi connectivity index (χ0v) is 28.2. The Bertz CT molecular complexity index is 4360. The van der Waals surface area contributed by atoms with Crippen LogP contribution in [-0.2, 0) is 0 Å². The van der Waals surface area contributed by atoms with Crippen LogP contribution in [0.25, 0.3) is 120 Å². The fourth-order valence-electron chi connectivity index (χ4n) is 8.09. The van der Waals surface area contributed by atoms with Crippen LogP contribution < -0.4 is 0 Å². The lowest BCUT2D eigenvalue weighted by atomic mass is 9.85. The van der Waals surface area contributed by atoms with Crippen molar-refractivity contribution in [2.75, 3.05) is 0 Å². The Morgan fingerprint density at radius 1 is 0.259 bits per heavy atom. The number of hydrogen-bond acceptors (Lipinski definition) is 0. The van der Waals surface area contributed by atoms with Crippen LogP contribution in [0.4, 0.5) is 0 Å². The van der Waals surface area contributed by atoms with E-state index < -0.39 is 72.5 Å². The smallest absolute Gasteiger partial charge is 0.0622 e. The average molecular weight is 698 g/mol. The molecule has 0 amide bonds. The second-order valence-corrected chi connectivity index (χ2v) is 13.4. The predicted molar refractivity (Wildman–Crippen MR) is 233 cm³/mol. The molecule has 0 saturated carbocycles. The van der Waals surface area contributed by atoms with Gasteiger partial charge in [-0.2, -0.15) is 0 Å². The van der Waals surface area contributed by atoms with Gasteiger partial charge in [0.1, 0.15) is 0 Å². The summed E-state index contributed by atoms with van der Waals surface area (Å²) < 4.78 is 154. The third-order valence-corrected chi connectivity index (χ3v) is 10.5. The van der Waals surface area contributed by atoms with Crippen molar-refractivity contribution >= 4 is 75.4 Å². The Morgan fingerprint density at radius 3 is 1.54 bits per heavy atom. The first-order chi connectivity index (χ1) is 33.9. The van der Waals surface area contributed by atoms with E-state index in [1.54, 1.807) is 6.07 Å². The summed E-state index contributed by atoms with van der Waals surface area (Å²) >= 11 is 0. The molecule has 0 saturated heterocycles. The van der Waals surface area contributed by atoms with E-state index in [4.69, 9.17) is 13.7 Å². The predicted octanol–water partition coefficient (Wildman–Crippen LogP) is 15.3. The van der Waals surface area contributed by atoms with Crippen molar-refractivity contribution in [2.45, 2.75) is 0 Å². The molecule has 0 aliphatic carbocycles. The summed E-state index contributed by atoms with van der Waals surface area (Å²) in [5, 5.41) is 1.62. The summed E-state index contributed by atoms with van der Waals surface area (Å²) in [6, 6.07) is 20.4. The molecule has 0 bridgehead atoms. The van der Waals surface area contributed by atoms with Crippen LogP contribution in [0.15, 0.2) is 194 Å². The van der Waals surface area contributed by atoms with E-state index in [1.807, 2.05) is 78.9 Å². The molecule has 0 unspecified atom stereocenters. The normalized spacial score (nSPS) is 16.5. The van der Waals surface area contributed by atoms with E-state index >= 15 is 0 Å². The van der Waals surface area contributed by atoms with Crippen molar-refractivity contribution in [2.24, 2.45) is 0 Å². The maximum Gasteiger partial charge on any atom is 0.0630 e. The molecule has 0 atom stereocenters. The molecule has 0 fully saturated rings. The number of hydrogen-bond donors (Lipinski definition) is 0. The maximum absolute atomic E-state index is 9.60. The van der Waals surface area contributed by atoms with Gasteiger partial charge in [-0.1, -0.05) is 176 Å². The molecular formula is C54H32. The van der Waals surface area contributed by atoms with Gasteiger partial charge in [0, 0.05) is 0 Å². The molecule has 12 aromatic carbocycles. The Morgan fingerprint density at radius 2 is 0.815 bits per heavy atom. The molecule has 0 aromatic heterocycles.